The Morgan fingerprint density at radius 3 is 2.25 bits per heavy atom. The largest absolute Gasteiger partial charge is 0.316 e. The Labute approximate surface area is 102 Å². The summed E-state index contributed by atoms with van der Waals surface area (Å²) in [5.74, 6) is 0. The van der Waals surface area contributed by atoms with Crippen LogP contribution < -0.4 is 11.1 Å². The van der Waals surface area contributed by atoms with Crippen molar-refractivity contribution in [3.8, 4) is 0 Å². The molecule has 0 fully saturated rings. The molecular formula is C13H31N3. The van der Waals surface area contributed by atoms with E-state index in [1.807, 2.05) is 6.92 Å². The molecule has 3 nitrogen and oxygen atoms in total. The zero-order valence-corrected chi connectivity index (χ0v) is 11.8. The average Bonchev–Trinajstić information content (AvgIpc) is 2.26. The van der Waals surface area contributed by atoms with Crippen molar-refractivity contribution in [2.75, 3.05) is 7.05 Å². The molecule has 3 atom stereocenters. The van der Waals surface area contributed by atoms with Gasteiger partial charge in [-0.25, -0.2) is 0 Å². The summed E-state index contributed by atoms with van der Waals surface area (Å²) in [4.78, 5) is 2.24. The third-order valence-corrected chi connectivity index (χ3v) is 3.30. The first-order chi connectivity index (χ1) is 7.52. The molecule has 0 aromatic carbocycles. The van der Waals surface area contributed by atoms with Crippen LogP contribution in [0.5, 0.6) is 0 Å². The maximum atomic E-state index is 5.94. The van der Waals surface area contributed by atoms with Gasteiger partial charge in [-0.3, -0.25) is 10.2 Å². The molecule has 0 spiro atoms. The number of hydrogen-bond donors (Lipinski definition) is 2. The van der Waals surface area contributed by atoms with E-state index in [2.05, 4.69) is 38.0 Å². The first kappa shape index (κ1) is 15.9. The highest BCUT2D eigenvalue weighted by Gasteiger charge is 2.18. The van der Waals surface area contributed by atoms with Gasteiger partial charge in [0.1, 0.15) is 0 Å². The first-order valence-corrected chi connectivity index (χ1v) is 6.76. The lowest BCUT2D eigenvalue weighted by atomic mass is 10.1. The Balaban J connectivity index is 4.15. The van der Waals surface area contributed by atoms with Gasteiger partial charge in [0, 0.05) is 6.04 Å². The van der Waals surface area contributed by atoms with Crippen molar-refractivity contribution in [1.29, 1.82) is 0 Å². The van der Waals surface area contributed by atoms with Crippen molar-refractivity contribution in [3.63, 3.8) is 0 Å². The van der Waals surface area contributed by atoms with Crippen LogP contribution in [-0.4, -0.2) is 30.3 Å². The molecule has 98 valence electrons. The molecule has 3 heteroatoms. The molecule has 3 N–H and O–H groups in total. The highest BCUT2D eigenvalue weighted by molar-refractivity contribution is 4.72. The third-order valence-electron chi connectivity index (χ3n) is 3.30. The van der Waals surface area contributed by atoms with E-state index >= 15 is 0 Å². The molecule has 0 saturated heterocycles. The predicted molar refractivity (Wildman–Crippen MR) is 72.2 cm³/mol. The fourth-order valence-corrected chi connectivity index (χ4v) is 1.72. The highest BCUT2D eigenvalue weighted by atomic mass is 15.3. The van der Waals surface area contributed by atoms with Crippen molar-refractivity contribution in [3.05, 3.63) is 0 Å². The van der Waals surface area contributed by atoms with Crippen LogP contribution in [0.1, 0.15) is 59.8 Å². The Hall–Kier alpha value is -0.120. The maximum Gasteiger partial charge on any atom is 0.0609 e. The zero-order valence-electron chi connectivity index (χ0n) is 11.8. The molecule has 0 aliphatic heterocycles. The standard InChI is InChI=1S/C13H31N3/c1-6-8-9-10-13(15-11(3)7-2)16(5)12(4)14/h11-13,15H,6-10,14H2,1-5H3. The Kier molecular flexibility index (Phi) is 8.90. The summed E-state index contributed by atoms with van der Waals surface area (Å²) < 4.78 is 0. The summed E-state index contributed by atoms with van der Waals surface area (Å²) in [6, 6.07) is 0.563. The minimum Gasteiger partial charge on any atom is -0.316 e. The summed E-state index contributed by atoms with van der Waals surface area (Å²) >= 11 is 0. The van der Waals surface area contributed by atoms with Gasteiger partial charge in [0.2, 0.25) is 0 Å². The second-order valence-corrected chi connectivity index (χ2v) is 4.89. The molecule has 0 aliphatic rings. The smallest absolute Gasteiger partial charge is 0.0609 e. The monoisotopic (exact) mass is 229 g/mol. The van der Waals surface area contributed by atoms with Crippen LogP contribution in [0.25, 0.3) is 0 Å². The molecule has 0 saturated carbocycles. The minimum atomic E-state index is 0.114. The Morgan fingerprint density at radius 2 is 1.81 bits per heavy atom. The van der Waals surface area contributed by atoms with Gasteiger partial charge in [-0.15, -0.1) is 0 Å². The van der Waals surface area contributed by atoms with Crippen LogP contribution >= 0.6 is 0 Å². The van der Waals surface area contributed by atoms with Crippen molar-refractivity contribution >= 4 is 0 Å². The van der Waals surface area contributed by atoms with Crippen LogP contribution in [0.15, 0.2) is 0 Å². The zero-order chi connectivity index (χ0) is 12.6. The quantitative estimate of drug-likeness (QED) is 0.471. The number of nitrogens with two attached hydrogens (primary N) is 1. The number of hydrogen-bond acceptors (Lipinski definition) is 3. The molecule has 0 rings (SSSR count). The molecule has 0 aliphatic carbocycles. The van der Waals surface area contributed by atoms with Gasteiger partial charge in [-0.1, -0.05) is 33.1 Å². The number of nitrogens with zero attached hydrogens (tertiary/aromatic N) is 1. The predicted octanol–water partition coefficient (Wildman–Crippen LogP) is 2.52. The molecular weight excluding hydrogens is 198 g/mol. The maximum absolute atomic E-state index is 5.94. The van der Waals surface area contributed by atoms with Crippen LogP contribution in [0.4, 0.5) is 0 Å². The fourth-order valence-electron chi connectivity index (χ4n) is 1.72. The number of unbranched alkanes of at least 4 members (excludes halogenated alkanes) is 2. The topological polar surface area (TPSA) is 41.3 Å². The van der Waals surface area contributed by atoms with Gasteiger partial charge in [-0.2, -0.15) is 0 Å². The normalized spacial score (nSPS) is 17.4. The van der Waals surface area contributed by atoms with Gasteiger partial charge >= 0.3 is 0 Å². The van der Waals surface area contributed by atoms with E-state index in [-0.39, 0.29) is 6.17 Å². The lowest BCUT2D eigenvalue weighted by molar-refractivity contribution is 0.134. The average molecular weight is 229 g/mol. The van der Waals surface area contributed by atoms with Crippen molar-refractivity contribution < 1.29 is 0 Å². The lowest BCUT2D eigenvalue weighted by Crippen LogP contribution is -2.52. The number of nitrogens with one attached hydrogen (secondary N) is 1. The van der Waals surface area contributed by atoms with Gasteiger partial charge in [0.25, 0.3) is 0 Å². The van der Waals surface area contributed by atoms with Gasteiger partial charge < -0.3 is 5.73 Å². The summed E-state index contributed by atoms with van der Waals surface area (Å²) in [5, 5.41) is 3.65. The lowest BCUT2D eigenvalue weighted by Gasteiger charge is -2.34. The van der Waals surface area contributed by atoms with Gasteiger partial charge in [0.15, 0.2) is 0 Å². The van der Waals surface area contributed by atoms with Crippen LogP contribution in [0.3, 0.4) is 0 Å². The van der Waals surface area contributed by atoms with E-state index in [1.165, 1.54) is 25.7 Å². The summed E-state index contributed by atoms with van der Waals surface area (Å²) in [7, 11) is 2.11. The van der Waals surface area contributed by atoms with E-state index in [1.54, 1.807) is 0 Å². The second kappa shape index (κ2) is 8.97. The van der Waals surface area contributed by atoms with E-state index in [0.29, 0.717) is 12.2 Å². The van der Waals surface area contributed by atoms with Crippen molar-refractivity contribution in [2.24, 2.45) is 5.73 Å². The Bertz CT molecular complexity index is 159. The summed E-state index contributed by atoms with van der Waals surface area (Å²) in [6.07, 6.45) is 6.75. The second-order valence-electron chi connectivity index (χ2n) is 4.89. The van der Waals surface area contributed by atoms with Crippen LogP contribution in [0.2, 0.25) is 0 Å². The third kappa shape index (κ3) is 6.46. The molecule has 16 heavy (non-hydrogen) atoms. The summed E-state index contributed by atoms with van der Waals surface area (Å²) in [6.45, 7) is 8.74. The fraction of sp³-hybridized carbons (Fsp3) is 1.00. The highest BCUT2D eigenvalue weighted by Crippen LogP contribution is 2.09. The minimum absolute atomic E-state index is 0.114. The molecule has 3 unspecified atom stereocenters. The number of rotatable bonds is 9. The summed E-state index contributed by atoms with van der Waals surface area (Å²) in [5.41, 5.74) is 5.94. The van der Waals surface area contributed by atoms with Crippen LogP contribution in [0, 0.1) is 0 Å². The van der Waals surface area contributed by atoms with E-state index in [0.717, 1.165) is 6.42 Å². The van der Waals surface area contributed by atoms with Crippen LogP contribution in [-0.2, 0) is 0 Å². The van der Waals surface area contributed by atoms with E-state index < -0.39 is 0 Å². The van der Waals surface area contributed by atoms with Crippen molar-refractivity contribution in [2.45, 2.75) is 78.2 Å². The van der Waals surface area contributed by atoms with E-state index in [4.69, 9.17) is 5.73 Å². The SMILES string of the molecule is CCCCCC(NC(C)CC)N(C)C(C)N. The molecule has 0 bridgehead atoms. The molecule has 0 aromatic heterocycles. The van der Waals surface area contributed by atoms with E-state index in [9.17, 15) is 0 Å². The molecule has 0 amide bonds. The Morgan fingerprint density at radius 1 is 1.19 bits per heavy atom. The molecule has 0 heterocycles. The first-order valence-electron chi connectivity index (χ1n) is 6.76. The van der Waals surface area contributed by atoms with Crippen molar-refractivity contribution in [1.82, 2.24) is 10.2 Å². The molecule has 0 radical (unpaired) electrons. The van der Waals surface area contributed by atoms with Gasteiger partial charge in [0.05, 0.1) is 12.3 Å². The molecule has 0 aromatic rings. The van der Waals surface area contributed by atoms with Gasteiger partial charge in [-0.05, 0) is 33.7 Å².